The molecule has 0 saturated heterocycles. The summed E-state index contributed by atoms with van der Waals surface area (Å²) in [5.41, 5.74) is 4.40. The Labute approximate surface area is 495 Å². The van der Waals surface area contributed by atoms with Crippen LogP contribution in [0.2, 0.25) is 0 Å². The molecule has 3 atom stereocenters. The Morgan fingerprint density at radius 3 is 1.01 bits per heavy atom. The van der Waals surface area contributed by atoms with Crippen LogP contribution in [0.15, 0.2) is 97.1 Å². The lowest BCUT2D eigenvalue weighted by molar-refractivity contribution is -0.156. The molecule has 4 N–H and O–H groups in total. The molecule has 0 radical (unpaired) electrons. The van der Waals surface area contributed by atoms with Crippen LogP contribution in [0, 0.1) is 27.6 Å². The highest BCUT2D eigenvalue weighted by atomic mass is 16.5. The molecule has 4 aromatic carbocycles. The Hall–Kier alpha value is -5.40. The maximum Gasteiger partial charge on any atom is 0.311 e. The lowest BCUT2D eigenvalue weighted by Gasteiger charge is -2.22. The lowest BCUT2D eigenvalue weighted by atomic mass is 9.91. The Bertz CT molecular complexity index is 2460. The van der Waals surface area contributed by atoms with Crippen molar-refractivity contribution in [1.29, 1.82) is 0 Å². The summed E-state index contributed by atoms with van der Waals surface area (Å²) in [5, 5.41) is 40.0. The second kappa shape index (κ2) is 35.0. The minimum absolute atomic E-state index is 0.143. The van der Waals surface area contributed by atoms with Gasteiger partial charge in [0.25, 0.3) is 0 Å². The average Bonchev–Trinajstić information content (AvgIpc) is 3.47. The van der Waals surface area contributed by atoms with Crippen molar-refractivity contribution in [1.82, 2.24) is 0 Å². The van der Waals surface area contributed by atoms with Gasteiger partial charge in [-0.1, -0.05) is 159 Å². The zero-order valence-electron chi connectivity index (χ0n) is 53.9. The van der Waals surface area contributed by atoms with Crippen LogP contribution in [0.5, 0.6) is 0 Å². The molecule has 0 aliphatic carbocycles. The number of esters is 4. The molecule has 0 aromatic heterocycles. The van der Waals surface area contributed by atoms with E-state index in [2.05, 4.69) is 13.8 Å². The van der Waals surface area contributed by atoms with Gasteiger partial charge in [0, 0.05) is 12.8 Å². The first-order valence-corrected chi connectivity index (χ1v) is 29.9. The highest BCUT2D eigenvalue weighted by Gasteiger charge is 2.30. The fourth-order valence-corrected chi connectivity index (χ4v) is 7.19. The van der Waals surface area contributed by atoms with Crippen molar-refractivity contribution in [3.8, 4) is 0 Å². The smallest absolute Gasteiger partial charge is 0.311 e. The van der Waals surface area contributed by atoms with Crippen LogP contribution in [0.25, 0.3) is 0 Å². The summed E-state index contributed by atoms with van der Waals surface area (Å²) in [5.74, 6) is -0.176. The molecule has 4 rings (SSSR count). The molecule has 0 bridgehead atoms. The Morgan fingerprint density at radius 1 is 0.415 bits per heavy atom. The standard InChI is InChI=1S/2C18H28O3.2C17H26O3/c1-6-18(4,5)17(20)21-12-14-7-9-15(10-8-14)16(19)11-13(2)3;1-6-17(3,4)16(19)21-13-12-14-8-10-15(11-9-14)18(5,20)7-2;1-6-16(2,3)15(18)20-12-11-13-7-9-14(10-8-13)17(4,5)19;1-5-7-15(18)14-10-8-13(9-11-14)12-20-16(19)17(3,4)6-2/h7-10,13,16,19H,6,11-12H2,1-5H3;8-11,20H,6-7,12-13H2,1-5H3;7-10,19H,6,11-12H2,1-5H3;8-11,15,18H,5-7,12H2,1-4H3. The minimum Gasteiger partial charge on any atom is -0.465 e. The molecular formula is C70H108O12. The summed E-state index contributed by atoms with van der Waals surface area (Å²) >= 11 is 0. The van der Waals surface area contributed by atoms with Gasteiger partial charge in [-0.2, -0.15) is 0 Å². The SMILES string of the molecule is CCC(C)(C)C(=O)OCCc1ccc(C(C)(C)O)cc1.CCC(C)(C)C(=O)OCCc1ccc(C(C)(O)CC)cc1.CCC(C)(C)C(=O)OCc1ccc(C(O)CC(C)C)cc1.CCCC(O)c1ccc(COC(=O)C(C)(C)CC)cc1. The number of benzene rings is 4. The number of hydrogen-bond donors (Lipinski definition) is 4. The highest BCUT2D eigenvalue weighted by molar-refractivity contribution is 5.77. The third-order valence-corrected chi connectivity index (χ3v) is 15.6. The maximum atomic E-state index is 11.9. The molecule has 4 aromatic rings. The Morgan fingerprint density at radius 2 is 0.720 bits per heavy atom. The Balaban J connectivity index is 0.000000547. The first-order valence-electron chi connectivity index (χ1n) is 29.9. The summed E-state index contributed by atoms with van der Waals surface area (Å²) in [6, 6.07) is 30.8. The van der Waals surface area contributed by atoms with E-state index in [0.717, 1.165) is 89.5 Å². The largest absolute Gasteiger partial charge is 0.465 e. The average molecular weight is 1140 g/mol. The van der Waals surface area contributed by atoms with Crippen LogP contribution in [0.4, 0.5) is 0 Å². The number of carbonyl (C=O) groups is 4. The van der Waals surface area contributed by atoms with E-state index in [4.69, 9.17) is 18.9 Å². The zero-order chi connectivity index (χ0) is 62.7. The van der Waals surface area contributed by atoms with E-state index in [1.165, 1.54) is 0 Å². The van der Waals surface area contributed by atoms with E-state index in [1.807, 2.05) is 201 Å². The first-order chi connectivity index (χ1) is 38.1. The third-order valence-electron chi connectivity index (χ3n) is 15.6. The number of hydrogen-bond acceptors (Lipinski definition) is 12. The molecule has 0 aliphatic heterocycles. The molecule has 0 amide bonds. The van der Waals surface area contributed by atoms with E-state index < -0.39 is 45.1 Å². The summed E-state index contributed by atoms with van der Waals surface area (Å²) < 4.78 is 21.3. The van der Waals surface area contributed by atoms with Crippen LogP contribution < -0.4 is 0 Å². The van der Waals surface area contributed by atoms with Crippen molar-refractivity contribution >= 4 is 23.9 Å². The normalized spacial score (nSPS) is 13.3. The first kappa shape index (κ1) is 74.6. The van der Waals surface area contributed by atoms with Crippen LogP contribution in [0.1, 0.15) is 240 Å². The molecule has 0 heterocycles. The van der Waals surface area contributed by atoms with Gasteiger partial charge >= 0.3 is 23.9 Å². The van der Waals surface area contributed by atoms with Crippen molar-refractivity contribution in [2.45, 2.75) is 232 Å². The molecule has 0 saturated carbocycles. The number of rotatable bonds is 27. The maximum absolute atomic E-state index is 11.9. The molecule has 460 valence electrons. The van der Waals surface area contributed by atoms with Crippen molar-refractivity contribution in [3.63, 3.8) is 0 Å². The second-order valence-corrected chi connectivity index (χ2v) is 25.4. The fraction of sp³-hybridized carbons (Fsp3) is 0.600. The molecule has 0 spiro atoms. The monoisotopic (exact) mass is 1140 g/mol. The van der Waals surface area contributed by atoms with E-state index in [0.29, 0.717) is 38.4 Å². The molecule has 12 heteroatoms. The number of carbonyl (C=O) groups excluding carboxylic acids is 4. The van der Waals surface area contributed by atoms with Crippen LogP contribution in [0.3, 0.4) is 0 Å². The van der Waals surface area contributed by atoms with Crippen molar-refractivity contribution in [2.24, 2.45) is 27.6 Å². The summed E-state index contributed by atoms with van der Waals surface area (Å²) in [4.78, 5) is 47.4. The summed E-state index contributed by atoms with van der Waals surface area (Å²) in [6.45, 7) is 38.0. The molecule has 12 nitrogen and oxygen atoms in total. The number of ether oxygens (including phenoxy) is 4. The van der Waals surface area contributed by atoms with Crippen molar-refractivity contribution < 1.29 is 58.6 Å². The van der Waals surface area contributed by atoms with Crippen molar-refractivity contribution in [2.75, 3.05) is 13.2 Å². The Kier molecular flexibility index (Phi) is 31.9. The van der Waals surface area contributed by atoms with Crippen LogP contribution in [-0.2, 0) is 75.4 Å². The van der Waals surface area contributed by atoms with Gasteiger partial charge in [0.2, 0.25) is 0 Å². The highest BCUT2D eigenvalue weighted by Crippen LogP contribution is 2.28. The lowest BCUT2D eigenvalue weighted by Crippen LogP contribution is -2.26. The topological polar surface area (TPSA) is 186 Å². The summed E-state index contributed by atoms with van der Waals surface area (Å²) in [6.07, 6.45) is 6.74. The fourth-order valence-electron chi connectivity index (χ4n) is 7.19. The van der Waals surface area contributed by atoms with Gasteiger partial charge in [-0.15, -0.1) is 0 Å². The molecule has 82 heavy (non-hydrogen) atoms. The summed E-state index contributed by atoms with van der Waals surface area (Å²) in [7, 11) is 0. The van der Waals surface area contributed by atoms with E-state index in [1.54, 1.807) is 13.8 Å². The van der Waals surface area contributed by atoms with Crippen molar-refractivity contribution in [3.05, 3.63) is 142 Å². The molecular weight excluding hydrogens is 1030 g/mol. The van der Waals surface area contributed by atoms with Gasteiger partial charge in [-0.25, -0.2) is 0 Å². The third kappa shape index (κ3) is 26.9. The van der Waals surface area contributed by atoms with Gasteiger partial charge < -0.3 is 39.4 Å². The predicted octanol–water partition coefficient (Wildman–Crippen LogP) is 15.5. The van der Waals surface area contributed by atoms with Gasteiger partial charge in [0.05, 0.1) is 58.3 Å². The second-order valence-electron chi connectivity index (χ2n) is 25.4. The van der Waals surface area contributed by atoms with Gasteiger partial charge in [0.15, 0.2) is 0 Å². The predicted molar refractivity (Wildman–Crippen MR) is 330 cm³/mol. The van der Waals surface area contributed by atoms with Gasteiger partial charge in [-0.3, -0.25) is 19.2 Å². The molecule has 3 unspecified atom stereocenters. The van der Waals surface area contributed by atoms with Crippen LogP contribution >= 0.6 is 0 Å². The van der Waals surface area contributed by atoms with E-state index in [-0.39, 0.29) is 37.1 Å². The number of aliphatic hydroxyl groups excluding tert-OH is 2. The van der Waals surface area contributed by atoms with Gasteiger partial charge in [0.1, 0.15) is 13.2 Å². The number of aliphatic hydroxyl groups is 4. The van der Waals surface area contributed by atoms with E-state index >= 15 is 0 Å². The van der Waals surface area contributed by atoms with Gasteiger partial charge in [-0.05, 0) is 172 Å². The minimum atomic E-state index is -0.823. The zero-order valence-corrected chi connectivity index (χ0v) is 53.9. The molecule has 0 fully saturated rings. The molecule has 0 aliphatic rings. The van der Waals surface area contributed by atoms with Crippen LogP contribution in [-0.4, -0.2) is 57.5 Å². The van der Waals surface area contributed by atoms with E-state index in [9.17, 15) is 39.6 Å². The quantitative estimate of drug-likeness (QED) is 0.0328.